The first-order valence-corrected chi connectivity index (χ1v) is 8.13. The van der Waals surface area contributed by atoms with Crippen LogP contribution >= 0.6 is 11.3 Å². The van der Waals surface area contributed by atoms with Gasteiger partial charge in [0.05, 0.1) is 18.5 Å². The van der Waals surface area contributed by atoms with Crippen LogP contribution in [0, 0.1) is 0 Å². The van der Waals surface area contributed by atoms with Gasteiger partial charge in [-0.05, 0) is 24.3 Å². The maximum absolute atomic E-state index is 12.1. The number of phenolic OH excluding ortho intramolecular Hbond substituents is 1. The molecule has 1 amide bonds. The molecule has 0 aliphatic rings. The van der Waals surface area contributed by atoms with Crippen molar-refractivity contribution in [3.63, 3.8) is 0 Å². The number of hydrogen-bond donors (Lipinski definition) is 2. The molecule has 0 spiro atoms. The molecule has 2 aromatic rings. The van der Waals surface area contributed by atoms with Crippen LogP contribution in [0.5, 0.6) is 11.5 Å². The van der Waals surface area contributed by atoms with E-state index in [1.165, 1.54) is 43.6 Å². The summed E-state index contributed by atoms with van der Waals surface area (Å²) in [6, 6.07) is 7.49. The number of ketones is 1. The molecular weight excluding hydrogens is 346 g/mol. The van der Waals surface area contributed by atoms with Gasteiger partial charge >= 0.3 is 5.97 Å². The van der Waals surface area contributed by atoms with Crippen molar-refractivity contribution in [3.8, 4) is 11.5 Å². The first-order chi connectivity index (χ1) is 11.9. The normalized spacial score (nSPS) is 10.2. The smallest absolute Gasteiger partial charge is 0.342 e. The molecule has 0 fully saturated rings. The minimum Gasteiger partial charge on any atom is -0.507 e. The van der Waals surface area contributed by atoms with Crippen molar-refractivity contribution in [2.45, 2.75) is 13.5 Å². The predicted octanol–water partition coefficient (Wildman–Crippen LogP) is 2.14. The van der Waals surface area contributed by atoms with Crippen molar-refractivity contribution in [1.82, 2.24) is 5.32 Å². The van der Waals surface area contributed by atoms with E-state index in [4.69, 9.17) is 9.47 Å². The summed E-state index contributed by atoms with van der Waals surface area (Å²) >= 11 is 1.22. The lowest BCUT2D eigenvalue weighted by molar-refractivity contribution is -0.119. The minimum atomic E-state index is -0.802. The monoisotopic (exact) mass is 363 g/mol. The van der Waals surface area contributed by atoms with E-state index < -0.39 is 12.6 Å². The number of benzene rings is 1. The SMILES string of the molecule is COc1ccc(C(=O)OCC(=O)c2ccc(CNC(C)=O)s2)c(O)c1. The number of Topliss-reactive ketones (excluding diaryl/α,β-unsaturated/α-hetero) is 1. The third-order valence-electron chi connectivity index (χ3n) is 3.21. The molecule has 0 atom stereocenters. The van der Waals surface area contributed by atoms with E-state index in [1.807, 2.05) is 0 Å². The third kappa shape index (κ3) is 5.05. The Bertz CT molecular complexity index is 798. The molecule has 2 rings (SSSR count). The standard InChI is InChI=1S/C17H17NO6S/c1-10(19)18-8-12-4-6-16(25-12)15(21)9-24-17(22)13-5-3-11(23-2)7-14(13)20/h3-7,20H,8-9H2,1-2H3,(H,18,19). The molecule has 1 aromatic heterocycles. The second-order valence-corrected chi connectivity index (χ2v) is 6.23. The van der Waals surface area contributed by atoms with Gasteiger partial charge in [0.15, 0.2) is 6.61 Å². The zero-order chi connectivity index (χ0) is 18.4. The van der Waals surface area contributed by atoms with Gasteiger partial charge in [-0.25, -0.2) is 4.79 Å². The summed E-state index contributed by atoms with van der Waals surface area (Å²) in [5, 5.41) is 12.4. The molecule has 8 heteroatoms. The Kier molecular flexibility index (Phi) is 6.13. The van der Waals surface area contributed by atoms with E-state index in [9.17, 15) is 19.5 Å². The van der Waals surface area contributed by atoms with E-state index in [-0.39, 0.29) is 23.0 Å². The van der Waals surface area contributed by atoms with Crippen LogP contribution in [-0.2, 0) is 16.1 Å². The van der Waals surface area contributed by atoms with Crippen LogP contribution in [0.25, 0.3) is 0 Å². The highest BCUT2D eigenvalue weighted by atomic mass is 32.1. The molecule has 132 valence electrons. The average Bonchev–Trinajstić information content (AvgIpc) is 3.06. The summed E-state index contributed by atoms with van der Waals surface area (Å²) in [6.07, 6.45) is 0. The van der Waals surface area contributed by atoms with Gasteiger partial charge in [-0.1, -0.05) is 0 Å². The molecule has 0 aliphatic carbocycles. The molecule has 0 unspecified atom stereocenters. The highest BCUT2D eigenvalue weighted by molar-refractivity contribution is 7.14. The van der Waals surface area contributed by atoms with E-state index in [0.29, 0.717) is 17.2 Å². The van der Waals surface area contributed by atoms with Gasteiger partial charge in [-0.15, -0.1) is 11.3 Å². The summed E-state index contributed by atoms with van der Waals surface area (Å²) in [4.78, 5) is 36.2. The number of aromatic hydroxyl groups is 1. The lowest BCUT2D eigenvalue weighted by Crippen LogP contribution is -2.18. The fourth-order valence-corrected chi connectivity index (χ4v) is 2.80. The van der Waals surface area contributed by atoms with Crippen molar-refractivity contribution < 1.29 is 29.0 Å². The molecule has 0 saturated heterocycles. The number of thiophene rings is 1. The number of phenols is 1. The first-order valence-electron chi connectivity index (χ1n) is 7.31. The minimum absolute atomic E-state index is 0.0499. The Morgan fingerprint density at radius 1 is 1.20 bits per heavy atom. The van der Waals surface area contributed by atoms with Crippen molar-refractivity contribution in [2.75, 3.05) is 13.7 Å². The third-order valence-corrected chi connectivity index (χ3v) is 4.33. The number of carbonyl (C=O) groups excluding carboxylic acids is 3. The predicted molar refractivity (Wildman–Crippen MR) is 91.1 cm³/mol. The highest BCUT2D eigenvalue weighted by Crippen LogP contribution is 2.24. The summed E-state index contributed by atoms with van der Waals surface area (Å²) in [7, 11) is 1.44. The largest absolute Gasteiger partial charge is 0.507 e. The Labute approximate surface area is 148 Å². The van der Waals surface area contributed by atoms with E-state index in [2.05, 4.69) is 5.32 Å². The van der Waals surface area contributed by atoms with E-state index in [1.54, 1.807) is 12.1 Å². The van der Waals surface area contributed by atoms with Gasteiger partial charge in [0.25, 0.3) is 0 Å². The van der Waals surface area contributed by atoms with Crippen molar-refractivity contribution in [2.24, 2.45) is 0 Å². The van der Waals surface area contributed by atoms with Crippen molar-refractivity contribution in [3.05, 3.63) is 45.6 Å². The number of nitrogens with one attached hydrogen (secondary N) is 1. The zero-order valence-electron chi connectivity index (χ0n) is 13.7. The summed E-state index contributed by atoms with van der Waals surface area (Å²) in [5.74, 6) is -1.21. The number of carbonyl (C=O) groups is 3. The molecule has 1 aromatic carbocycles. The van der Waals surface area contributed by atoms with Gasteiger partial charge in [-0.2, -0.15) is 0 Å². The first kappa shape index (κ1) is 18.5. The second-order valence-electron chi connectivity index (χ2n) is 5.06. The number of ether oxygens (including phenoxy) is 2. The van der Waals surface area contributed by atoms with Crippen LogP contribution in [0.15, 0.2) is 30.3 Å². The van der Waals surface area contributed by atoms with Gasteiger partial charge in [0, 0.05) is 17.9 Å². The Hall–Kier alpha value is -2.87. The van der Waals surface area contributed by atoms with Crippen LogP contribution in [0.3, 0.4) is 0 Å². The summed E-state index contributed by atoms with van der Waals surface area (Å²) in [6.45, 7) is 1.31. The van der Waals surface area contributed by atoms with Crippen LogP contribution < -0.4 is 10.1 Å². The topological polar surface area (TPSA) is 102 Å². The molecule has 25 heavy (non-hydrogen) atoms. The average molecular weight is 363 g/mol. The number of rotatable bonds is 7. The van der Waals surface area contributed by atoms with Crippen LogP contribution in [0.1, 0.15) is 31.8 Å². The van der Waals surface area contributed by atoms with Crippen LogP contribution in [-0.4, -0.2) is 36.5 Å². The number of esters is 1. The number of methoxy groups -OCH3 is 1. The number of amides is 1. The van der Waals surface area contributed by atoms with Crippen LogP contribution in [0.4, 0.5) is 0 Å². The lowest BCUT2D eigenvalue weighted by Gasteiger charge is -2.07. The molecule has 0 aliphatic heterocycles. The Morgan fingerprint density at radius 2 is 1.96 bits per heavy atom. The maximum atomic E-state index is 12.1. The quantitative estimate of drug-likeness (QED) is 0.577. The maximum Gasteiger partial charge on any atom is 0.342 e. The summed E-state index contributed by atoms with van der Waals surface area (Å²) in [5.41, 5.74) is -0.0499. The van der Waals surface area contributed by atoms with Crippen molar-refractivity contribution in [1.29, 1.82) is 0 Å². The van der Waals surface area contributed by atoms with Gasteiger partial charge in [-0.3, -0.25) is 9.59 Å². The van der Waals surface area contributed by atoms with Crippen LogP contribution in [0.2, 0.25) is 0 Å². The van der Waals surface area contributed by atoms with E-state index >= 15 is 0 Å². The van der Waals surface area contributed by atoms with Gasteiger partial charge in [0.1, 0.15) is 17.1 Å². The van der Waals surface area contributed by atoms with E-state index in [0.717, 1.165) is 4.88 Å². The molecule has 0 bridgehead atoms. The lowest BCUT2D eigenvalue weighted by atomic mass is 10.2. The molecule has 2 N–H and O–H groups in total. The molecule has 1 heterocycles. The fraction of sp³-hybridized carbons (Fsp3) is 0.235. The molecule has 0 saturated carbocycles. The molecule has 7 nitrogen and oxygen atoms in total. The molecular formula is C17H17NO6S. The number of hydrogen-bond acceptors (Lipinski definition) is 7. The van der Waals surface area contributed by atoms with Crippen molar-refractivity contribution >= 4 is 29.0 Å². The second kappa shape index (κ2) is 8.29. The Balaban J connectivity index is 1.93. The highest BCUT2D eigenvalue weighted by Gasteiger charge is 2.17. The van der Waals surface area contributed by atoms with Gasteiger partial charge < -0.3 is 19.9 Å². The zero-order valence-corrected chi connectivity index (χ0v) is 14.5. The van der Waals surface area contributed by atoms with Gasteiger partial charge in [0.2, 0.25) is 11.7 Å². The Morgan fingerprint density at radius 3 is 2.60 bits per heavy atom. The molecule has 0 radical (unpaired) electrons. The fourth-order valence-electron chi connectivity index (χ4n) is 1.93. The summed E-state index contributed by atoms with van der Waals surface area (Å²) < 4.78 is 9.89.